The van der Waals surface area contributed by atoms with Crippen LogP contribution in [0.1, 0.15) is 5.56 Å². The molecule has 10 nitrogen and oxygen atoms in total. The van der Waals surface area contributed by atoms with E-state index in [1.165, 1.54) is 15.2 Å². The molecule has 1 aliphatic heterocycles. The second-order valence-corrected chi connectivity index (χ2v) is 11.3. The van der Waals surface area contributed by atoms with E-state index in [-0.39, 0.29) is 16.4 Å². The molecule has 6 rings (SSSR count). The number of sulfonamides is 1. The molecule has 0 aliphatic carbocycles. The molecule has 202 valence electrons. The summed E-state index contributed by atoms with van der Waals surface area (Å²) in [5.74, 6) is 0.253. The number of aryl methyl sites for hydroxylation is 1. The van der Waals surface area contributed by atoms with Gasteiger partial charge < -0.3 is 10.1 Å². The predicted octanol–water partition coefficient (Wildman–Crippen LogP) is 3.92. The van der Waals surface area contributed by atoms with E-state index in [1.54, 1.807) is 24.3 Å². The van der Waals surface area contributed by atoms with Crippen molar-refractivity contribution in [3.05, 3.63) is 101 Å². The highest BCUT2D eigenvalue weighted by atomic mass is 32.2. The van der Waals surface area contributed by atoms with Gasteiger partial charge in [-0.25, -0.2) is 18.4 Å². The first-order valence-electron chi connectivity index (χ1n) is 12.8. The highest BCUT2D eigenvalue weighted by Gasteiger charge is 2.26. The van der Waals surface area contributed by atoms with Crippen molar-refractivity contribution in [2.24, 2.45) is 0 Å². The highest BCUT2D eigenvalue weighted by molar-refractivity contribution is 7.89. The van der Waals surface area contributed by atoms with Gasteiger partial charge in [-0.3, -0.25) is 4.79 Å². The topological polar surface area (TPSA) is 119 Å². The Morgan fingerprint density at radius 2 is 1.60 bits per heavy atom. The molecule has 5 aromatic rings. The largest absolute Gasteiger partial charge is 0.379 e. The number of morpholine rings is 1. The second-order valence-electron chi connectivity index (χ2n) is 9.34. The minimum Gasteiger partial charge on any atom is -0.379 e. The van der Waals surface area contributed by atoms with Crippen LogP contribution in [0.3, 0.4) is 0 Å². The van der Waals surface area contributed by atoms with Gasteiger partial charge in [0.05, 0.1) is 29.2 Å². The number of fused-ring (bicyclic) bond motifs is 1. The van der Waals surface area contributed by atoms with Gasteiger partial charge in [0.15, 0.2) is 0 Å². The lowest BCUT2D eigenvalue weighted by Crippen LogP contribution is -2.40. The van der Waals surface area contributed by atoms with Crippen molar-refractivity contribution in [1.29, 1.82) is 0 Å². The van der Waals surface area contributed by atoms with Crippen molar-refractivity contribution in [2.75, 3.05) is 31.6 Å². The Kier molecular flexibility index (Phi) is 6.84. The zero-order chi connectivity index (χ0) is 27.7. The van der Waals surface area contributed by atoms with E-state index in [9.17, 15) is 13.2 Å². The Balaban J connectivity index is 1.38. The highest BCUT2D eigenvalue weighted by Crippen LogP contribution is 2.26. The predicted molar refractivity (Wildman–Crippen MR) is 152 cm³/mol. The van der Waals surface area contributed by atoms with Gasteiger partial charge in [0.1, 0.15) is 11.2 Å². The quantitative estimate of drug-likeness (QED) is 0.336. The zero-order valence-corrected chi connectivity index (χ0v) is 22.5. The van der Waals surface area contributed by atoms with Crippen LogP contribution in [0.15, 0.2) is 94.7 Å². The van der Waals surface area contributed by atoms with E-state index < -0.39 is 10.0 Å². The summed E-state index contributed by atoms with van der Waals surface area (Å²) in [6, 6.07) is 23.5. The maximum atomic E-state index is 13.5. The van der Waals surface area contributed by atoms with Crippen molar-refractivity contribution in [3.8, 4) is 16.9 Å². The standard InChI is InChI=1S/C29H26N6O4S/c1-20-7-5-6-10-25(20)35-28(36)24-19-30-29(32-27(24)26(33-35)21-8-3-2-4-9-21)31-22-11-13-23(14-12-22)40(37,38)34-15-17-39-18-16-34/h2-14,19H,15-18H2,1H3,(H,30,31,32). The number of benzene rings is 3. The van der Waals surface area contributed by atoms with Gasteiger partial charge in [0, 0.05) is 30.5 Å². The average molecular weight is 555 g/mol. The van der Waals surface area contributed by atoms with Gasteiger partial charge in [0.2, 0.25) is 16.0 Å². The van der Waals surface area contributed by atoms with E-state index in [0.29, 0.717) is 54.3 Å². The van der Waals surface area contributed by atoms with Crippen molar-refractivity contribution in [2.45, 2.75) is 11.8 Å². The van der Waals surface area contributed by atoms with E-state index in [0.717, 1.165) is 11.1 Å². The van der Waals surface area contributed by atoms with Gasteiger partial charge in [0.25, 0.3) is 5.56 Å². The SMILES string of the molecule is Cc1ccccc1-n1nc(-c2ccccc2)c2nc(Nc3ccc(S(=O)(=O)N4CCOCC4)cc3)ncc2c1=O. The smallest absolute Gasteiger partial charge is 0.282 e. The number of rotatable bonds is 6. The summed E-state index contributed by atoms with van der Waals surface area (Å²) in [6.45, 7) is 3.35. The number of aromatic nitrogens is 4. The molecule has 0 unspecified atom stereocenters. The summed E-state index contributed by atoms with van der Waals surface area (Å²) in [7, 11) is -3.60. The molecule has 1 saturated heterocycles. The Bertz CT molecular complexity index is 1850. The van der Waals surface area contributed by atoms with Crippen LogP contribution in [-0.2, 0) is 14.8 Å². The lowest BCUT2D eigenvalue weighted by molar-refractivity contribution is 0.0730. The number of nitrogens with zero attached hydrogens (tertiary/aromatic N) is 5. The minimum absolute atomic E-state index is 0.201. The molecular formula is C29H26N6O4S. The molecule has 1 fully saturated rings. The molecule has 11 heteroatoms. The van der Waals surface area contributed by atoms with Gasteiger partial charge in [-0.2, -0.15) is 14.1 Å². The van der Waals surface area contributed by atoms with Gasteiger partial charge >= 0.3 is 0 Å². The van der Waals surface area contributed by atoms with Crippen LogP contribution in [0.2, 0.25) is 0 Å². The van der Waals surface area contributed by atoms with E-state index >= 15 is 0 Å². The minimum atomic E-state index is -3.60. The van der Waals surface area contributed by atoms with Gasteiger partial charge in [-0.1, -0.05) is 48.5 Å². The first kappa shape index (κ1) is 25.8. The second kappa shape index (κ2) is 10.6. The molecule has 2 aromatic heterocycles. The maximum Gasteiger partial charge on any atom is 0.282 e. The average Bonchev–Trinajstić information content (AvgIpc) is 2.99. The summed E-state index contributed by atoms with van der Waals surface area (Å²) >= 11 is 0. The van der Waals surface area contributed by atoms with Crippen LogP contribution >= 0.6 is 0 Å². The third-order valence-corrected chi connectivity index (χ3v) is 8.66. The number of hydrogen-bond acceptors (Lipinski definition) is 8. The fourth-order valence-electron chi connectivity index (χ4n) is 4.62. The summed E-state index contributed by atoms with van der Waals surface area (Å²) in [5, 5.41) is 8.19. The molecule has 0 radical (unpaired) electrons. The Hall–Kier alpha value is -4.45. The number of anilines is 2. The Morgan fingerprint density at radius 1 is 0.900 bits per heavy atom. The molecule has 0 amide bonds. The van der Waals surface area contributed by atoms with Crippen molar-refractivity contribution >= 4 is 32.6 Å². The normalized spacial score (nSPS) is 14.3. The monoisotopic (exact) mass is 554 g/mol. The number of para-hydroxylation sites is 1. The molecule has 0 spiro atoms. The van der Waals surface area contributed by atoms with E-state index in [2.05, 4.69) is 15.3 Å². The summed E-state index contributed by atoms with van der Waals surface area (Å²) in [6.07, 6.45) is 1.49. The molecule has 0 atom stereocenters. The first-order chi connectivity index (χ1) is 19.4. The van der Waals surface area contributed by atoms with Gasteiger partial charge in [-0.05, 0) is 42.8 Å². The molecule has 0 saturated carbocycles. The summed E-state index contributed by atoms with van der Waals surface area (Å²) in [4.78, 5) is 22.8. The molecule has 1 aliphatic rings. The third-order valence-electron chi connectivity index (χ3n) is 6.74. The Morgan fingerprint density at radius 3 is 2.33 bits per heavy atom. The molecule has 1 N–H and O–H groups in total. The van der Waals surface area contributed by atoms with Crippen molar-refractivity contribution in [3.63, 3.8) is 0 Å². The van der Waals surface area contributed by atoms with Crippen LogP contribution < -0.4 is 10.9 Å². The zero-order valence-electron chi connectivity index (χ0n) is 21.7. The lowest BCUT2D eigenvalue weighted by Gasteiger charge is -2.26. The lowest BCUT2D eigenvalue weighted by atomic mass is 10.1. The first-order valence-corrected chi connectivity index (χ1v) is 14.2. The molecule has 3 heterocycles. The summed E-state index contributed by atoms with van der Waals surface area (Å²) < 4.78 is 34.0. The van der Waals surface area contributed by atoms with Crippen molar-refractivity contribution in [1.82, 2.24) is 24.1 Å². The maximum absolute atomic E-state index is 13.5. The molecule has 3 aromatic carbocycles. The van der Waals surface area contributed by atoms with E-state index in [1.807, 2.05) is 61.5 Å². The summed E-state index contributed by atoms with van der Waals surface area (Å²) in [5.41, 5.74) is 3.61. The molecular weight excluding hydrogens is 528 g/mol. The van der Waals surface area contributed by atoms with Crippen molar-refractivity contribution < 1.29 is 13.2 Å². The fraction of sp³-hybridized carbons (Fsp3) is 0.172. The van der Waals surface area contributed by atoms with Crippen LogP contribution in [0, 0.1) is 6.92 Å². The third kappa shape index (κ3) is 4.86. The van der Waals surface area contributed by atoms with Crippen LogP contribution in [0.4, 0.5) is 11.6 Å². The van der Waals surface area contributed by atoms with Crippen LogP contribution in [-0.4, -0.2) is 58.8 Å². The number of ether oxygens (including phenoxy) is 1. The van der Waals surface area contributed by atoms with Crippen LogP contribution in [0.25, 0.3) is 27.8 Å². The van der Waals surface area contributed by atoms with Gasteiger partial charge in [-0.15, -0.1) is 0 Å². The Labute approximate surface area is 231 Å². The molecule has 0 bridgehead atoms. The fourth-order valence-corrected chi connectivity index (χ4v) is 6.02. The number of hydrogen-bond donors (Lipinski definition) is 1. The molecule has 40 heavy (non-hydrogen) atoms. The van der Waals surface area contributed by atoms with E-state index in [4.69, 9.17) is 9.84 Å². The van der Waals surface area contributed by atoms with Crippen LogP contribution in [0.5, 0.6) is 0 Å². The number of nitrogens with one attached hydrogen (secondary N) is 1.